The van der Waals surface area contributed by atoms with E-state index < -0.39 is 17.7 Å². The van der Waals surface area contributed by atoms with Gasteiger partial charge < -0.3 is 10.4 Å². The van der Waals surface area contributed by atoms with Gasteiger partial charge in [-0.3, -0.25) is 9.59 Å². The standard InChI is InChI=1S/C16H12F3NO3S2/c1-15(23,16(17,18)19)14(22)20-9-3-2-4-10-11(9)12(21)13-8(7-25-10)5-6-24-13/h2-6,23H,7H2,1H3,(H,20,22)/t15-/m1/s1. The Morgan fingerprint density at radius 1 is 1.28 bits per heavy atom. The Morgan fingerprint density at radius 2 is 2.00 bits per heavy atom. The molecule has 2 heterocycles. The quantitative estimate of drug-likeness (QED) is 0.822. The van der Waals surface area contributed by atoms with Crippen LogP contribution in [0.25, 0.3) is 0 Å². The van der Waals surface area contributed by atoms with Gasteiger partial charge >= 0.3 is 6.18 Å². The molecule has 25 heavy (non-hydrogen) atoms. The van der Waals surface area contributed by atoms with Crippen LogP contribution in [0.1, 0.15) is 27.7 Å². The molecule has 0 fully saturated rings. The molecular weight excluding hydrogens is 375 g/mol. The summed E-state index contributed by atoms with van der Waals surface area (Å²) in [6.07, 6.45) is -5.14. The highest BCUT2D eigenvalue weighted by Crippen LogP contribution is 2.39. The van der Waals surface area contributed by atoms with Crippen molar-refractivity contribution in [2.45, 2.75) is 29.3 Å². The second-order valence-corrected chi connectivity index (χ2v) is 7.53. The lowest BCUT2D eigenvalue weighted by atomic mass is 10.0. The normalized spacial score (nSPS) is 16.4. The summed E-state index contributed by atoms with van der Waals surface area (Å²) in [5.41, 5.74) is -2.63. The van der Waals surface area contributed by atoms with Crippen LogP contribution in [-0.4, -0.2) is 28.6 Å². The molecule has 4 nitrogen and oxygen atoms in total. The van der Waals surface area contributed by atoms with Crippen molar-refractivity contribution in [3.8, 4) is 0 Å². The maximum absolute atomic E-state index is 12.8. The van der Waals surface area contributed by atoms with Gasteiger partial charge in [-0.05, 0) is 36.1 Å². The largest absolute Gasteiger partial charge is 0.426 e. The van der Waals surface area contributed by atoms with Crippen LogP contribution < -0.4 is 5.32 Å². The van der Waals surface area contributed by atoms with Gasteiger partial charge in [-0.15, -0.1) is 23.1 Å². The van der Waals surface area contributed by atoms with Crippen molar-refractivity contribution in [3.05, 3.63) is 45.6 Å². The SMILES string of the molecule is C[C@@](O)(C(=O)Nc1cccc2c1C(=O)c1sccc1CS2)C(F)(F)F. The Bertz CT molecular complexity index is 859. The van der Waals surface area contributed by atoms with Crippen LogP contribution in [0.5, 0.6) is 0 Å². The van der Waals surface area contributed by atoms with Crippen molar-refractivity contribution >= 4 is 40.5 Å². The van der Waals surface area contributed by atoms with Gasteiger partial charge in [0.2, 0.25) is 11.4 Å². The number of anilines is 1. The number of amides is 1. The van der Waals surface area contributed by atoms with Gasteiger partial charge in [0.15, 0.2) is 0 Å². The number of alkyl halides is 3. The maximum Gasteiger partial charge on any atom is 0.426 e. The molecule has 1 amide bonds. The van der Waals surface area contributed by atoms with E-state index in [1.54, 1.807) is 11.4 Å². The van der Waals surface area contributed by atoms with Gasteiger partial charge in [0, 0.05) is 10.6 Å². The lowest BCUT2D eigenvalue weighted by molar-refractivity contribution is -0.242. The van der Waals surface area contributed by atoms with Crippen molar-refractivity contribution in [2.75, 3.05) is 5.32 Å². The lowest BCUT2D eigenvalue weighted by Gasteiger charge is -2.25. The number of halogens is 3. The van der Waals surface area contributed by atoms with Gasteiger partial charge in [-0.25, -0.2) is 0 Å². The molecule has 0 radical (unpaired) electrons. The van der Waals surface area contributed by atoms with E-state index in [0.717, 1.165) is 5.56 Å². The number of hydrogen-bond acceptors (Lipinski definition) is 5. The summed E-state index contributed by atoms with van der Waals surface area (Å²) < 4.78 is 38.5. The zero-order valence-corrected chi connectivity index (χ0v) is 14.4. The molecule has 1 atom stereocenters. The molecule has 132 valence electrons. The zero-order valence-electron chi connectivity index (χ0n) is 12.8. The summed E-state index contributed by atoms with van der Waals surface area (Å²) in [4.78, 5) is 25.8. The molecule has 2 N–H and O–H groups in total. The van der Waals surface area contributed by atoms with Crippen LogP contribution in [0, 0.1) is 0 Å². The van der Waals surface area contributed by atoms with Crippen LogP contribution in [0.2, 0.25) is 0 Å². The predicted octanol–water partition coefficient (Wildman–Crippen LogP) is 3.84. The Hall–Kier alpha value is -1.84. The van der Waals surface area contributed by atoms with Gasteiger partial charge in [0.25, 0.3) is 5.91 Å². The third-order valence-electron chi connectivity index (χ3n) is 3.83. The van der Waals surface area contributed by atoms with E-state index in [1.165, 1.54) is 35.2 Å². The third kappa shape index (κ3) is 3.07. The molecule has 0 saturated heterocycles. The second-order valence-electron chi connectivity index (χ2n) is 5.60. The minimum absolute atomic E-state index is 0.0502. The number of carbonyl (C=O) groups excluding carboxylic acids is 2. The summed E-state index contributed by atoms with van der Waals surface area (Å²) >= 11 is 2.61. The number of hydrogen-bond donors (Lipinski definition) is 2. The van der Waals surface area contributed by atoms with Gasteiger partial charge in [0.1, 0.15) is 0 Å². The second kappa shape index (κ2) is 6.15. The summed E-state index contributed by atoms with van der Waals surface area (Å²) in [7, 11) is 0. The number of nitrogens with one attached hydrogen (secondary N) is 1. The minimum atomic E-state index is -5.14. The molecule has 1 aromatic carbocycles. The van der Waals surface area contributed by atoms with Crippen molar-refractivity contribution in [1.82, 2.24) is 0 Å². The predicted molar refractivity (Wildman–Crippen MR) is 89.1 cm³/mol. The van der Waals surface area contributed by atoms with Crippen LogP contribution in [-0.2, 0) is 10.5 Å². The van der Waals surface area contributed by atoms with Crippen LogP contribution >= 0.6 is 23.1 Å². The first-order valence-corrected chi connectivity index (χ1v) is 8.97. The highest BCUT2D eigenvalue weighted by Gasteiger charge is 2.56. The highest BCUT2D eigenvalue weighted by molar-refractivity contribution is 7.98. The number of carbonyl (C=O) groups is 2. The number of fused-ring (bicyclic) bond motifs is 2. The number of benzene rings is 1. The highest BCUT2D eigenvalue weighted by atomic mass is 32.2. The van der Waals surface area contributed by atoms with Gasteiger partial charge in [-0.2, -0.15) is 13.2 Å². The summed E-state index contributed by atoms with van der Waals surface area (Å²) in [6, 6.07) is 6.38. The zero-order chi connectivity index (χ0) is 18.4. The topological polar surface area (TPSA) is 66.4 Å². The molecule has 0 saturated carbocycles. The van der Waals surface area contributed by atoms with Crippen molar-refractivity contribution in [3.63, 3.8) is 0 Å². The van der Waals surface area contributed by atoms with Gasteiger partial charge in [-0.1, -0.05) is 6.07 Å². The number of ketones is 1. The first-order chi connectivity index (χ1) is 11.6. The average molecular weight is 387 g/mol. The summed E-state index contributed by atoms with van der Waals surface area (Å²) in [6.45, 7) is 0.373. The number of thioether (sulfide) groups is 1. The van der Waals surface area contributed by atoms with E-state index in [4.69, 9.17) is 0 Å². The van der Waals surface area contributed by atoms with Gasteiger partial charge in [0.05, 0.1) is 16.1 Å². The minimum Gasteiger partial charge on any atom is -0.373 e. The van der Waals surface area contributed by atoms with E-state index in [2.05, 4.69) is 5.32 Å². The van der Waals surface area contributed by atoms with Crippen LogP contribution in [0.15, 0.2) is 34.5 Å². The van der Waals surface area contributed by atoms with Crippen LogP contribution in [0.3, 0.4) is 0 Å². The molecular formula is C16H12F3NO3S2. The Morgan fingerprint density at radius 3 is 2.68 bits per heavy atom. The molecule has 9 heteroatoms. The average Bonchev–Trinajstić information content (AvgIpc) is 2.95. The summed E-state index contributed by atoms with van der Waals surface area (Å²) in [5.74, 6) is -1.44. The third-order valence-corrected chi connectivity index (χ3v) is 5.89. The smallest absolute Gasteiger partial charge is 0.373 e. The van der Waals surface area contributed by atoms with E-state index in [1.807, 2.05) is 6.07 Å². The molecule has 0 aliphatic carbocycles. The van der Waals surface area contributed by atoms with E-state index >= 15 is 0 Å². The number of rotatable bonds is 2. The Labute approximate surface area is 149 Å². The molecule has 0 bridgehead atoms. The molecule has 1 aliphatic rings. The molecule has 0 unspecified atom stereocenters. The number of thiophene rings is 1. The number of aliphatic hydroxyl groups is 1. The fourth-order valence-electron chi connectivity index (χ4n) is 2.28. The molecule has 0 spiro atoms. The van der Waals surface area contributed by atoms with Crippen molar-refractivity contribution in [1.29, 1.82) is 0 Å². The molecule has 2 aromatic rings. The maximum atomic E-state index is 12.8. The molecule has 3 rings (SSSR count). The van der Waals surface area contributed by atoms with Crippen molar-refractivity contribution in [2.24, 2.45) is 0 Å². The van der Waals surface area contributed by atoms with Crippen LogP contribution in [0.4, 0.5) is 18.9 Å². The lowest BCUT2D eigenvalue weighted by Crippen LogP contribution is -2.52. The first kappa shape index (κ1) is 18.0. The fourth-order valence-corrected chi connectivity index (χ4v) is 4.31. The fraction of sp³-hybridized carbons (Fsp3) is 0.250. The van der Waals surface area contributed by atoms with E-state index in [0.29, 0.717) is 22.4 Å². The molecule has 1 aromatic heterocycles. The van der Waals surface area contributed by atoms with E-state index in [9.17, 15) is 27.9 Å². The molecule has 1 aliphatic heterocycles. The van der Waals surface area contributed by atoms with E-state index in [-0.39, 0.29) is 17.0 Å². The van der Waals surface area contributed by atoms with Crippen molar-refractivity contribution < 1.29 is 27.9 Å². The first-order valence-electron chi connectivity index (χ1n) is 7.10. The summed E-state index contributed by atoms with van der Waals surface area (Å²) in [5, 5.41) is 13.3. The Kier molecular flexibility index (Phi) is 4.42. The monoisotopic (exact) mass is 387 g/mol. The Balaban J connectivity index is 2.01.